The molecule has 0 saturated heterocycles. The summed E-state index contributed by atoms with van der Waals surface area (Å²) < 4.78 is 2.88. The molecule has 0 aromatic rings. The van der Waals surface area contributed by atoms with Crippen molar-refractivity contribution >= 4 is 20.4 Å². The van der Waals surface area contributed by atoms with E-state index in [0.29, 0.717) is 20.4 Å². The predicted molar refractivity (Wildman–Crippen MR) is 56.9 cm³/mol. The first-order valence-corrected chi connectivity index (χ1v) is 7.75. The lowest BCUT2D eigenvalue weighted by atomic mass is 10.00. The molecule has 1 heteroatoms. The van der Waals surface area contributed by atoms with Crippen molar-refractivity contribution in [3.63, 3.8) is 0 Å². The molecule has 1 rings (SSSR count). The Bertz CT molecular complexity index is 95.2. The Hall–Kier alpha value is 0.766. The summed E-state index contributed by atoms with van der Waals surface area (Å²) in [5.74, 6) is 0. The second kappa shape index (κ2) is 7.20. The van der Waals surface area contributed by atoms with Gasteiger partial charge in [0.1, 0.15) is 0 Å². The molecular weight excluding hydrogens is 156 g/mol. The normalized spacial score (nSPS) is 19.1. The smallest absolute Gasteiger partial charge is 0.145 e. The van der Waals surface area contributed by atoms with Gasteiger partial charge in [0.05, 0.1) is 0 Å². The van der Waals surface area contributed by atoms with Crippen molar-refractivity contribution in [2.75, 3.05) is 0 Å². The summed E-state index contributed by atoms with van der Waals surface area (Å²) in [7, 11) is 0. The van der Waals surface area contributed by atoms with Crippen molar-refractivity contribution in [1.82, 2.24) is 0 Å². The Morgan fingerprint density at radius 3 is 2.50 bits per heavy atom. The Labute approximate surface area is 87.2 Å². The van der Waals surface area contributed by atoms with E-state index in [4.69, 9.17) is 0 Å². The van der Waals surface area contributed by atoms with Gasteiger partial charge < -0.3 is 0 Å². The highest BCUT2D eigenvalue weighted by Crippen LogP contribution is 2.28. The molecule has 1 fully saturated rings. The molecule has 0 aromatic heterocycles. The average Bonchev–Trinajstić information content (AvgIpc) is 2.14. The molecule has 0 nitrogen and oxygen atoms in total. The van der Waals surface area contributed by atoms with Crippen molar-refractivity contribution in [3.8, 4) is 0 Å². The van der Waals surface area contributed by atoms with Crippen LogP contribution < -0.4 is 0 Å². The second-order valence-electron chi connectivity index (χ2n) is 4.35. The average molecular weight is 179 g/mol. The van der Waals surface area contributed by atoms with Crippen LogP contribution in [0, 0.1) is 0 Å². The third kappa shape index (κ3) is 4.71. The maximum Gasteiger partial charge on any atom is 0.368 e. The quantitative estimate of drug-likeness (QED) is 0.440. The molecule has 0 bridgehead atoms. The van der Waals surface area contributed by atoms with Crippen LogP contribution in [0.3, 0.4) is 0 Å². The zero-order valence-electron chi connectivity index (χ0n) is 8.65. The van der Waals surface area contributed by atoms with Crippen LogP contribution in [-0.4, -0.2) is 20.4 Å². The molecule has 1 aliphatic carbocycles. The monoisotopic (exact) mass is 178 g/mol. The molecule has 0 N–H and O–H groups in total. The van der Waals surface area contributed by atoms with Crippen molar-refractivity contribution in [1.29, 1.82) is 0 Å². The van der Waals surface area contributed by atoms with Crippen LogP contribution >= 0.6 is 0 Å². The molecule has 0 radical (unpaired) electrons. The maximum absolute atomic E-state index is 2.31. The van der Waals surface area contributed by atoms with Gasteiger partial charge in [0.2, 0.25) is 0 Å². The molecule has 0 unspecified atom stereocenters. The Kier molecular flexibility index (Phi) is 6.50. The third-order valence-electron chi connectivity index (χ3n) is 3.19. The lowest BCUT2D eigenvalue weighted by Gasteiger charge is -2.20. The standard InChI is InChI=1S/C6H11.C5H11.Mg/c1-2-4-6-5-3-1;1-3-5-4-2;/h1H,2-6H2;1,3-5H2,2H3;. The van der Waals surface area contributed by atoms with Crippen LogP contribution in [0.15, 0.2) is 0 Å². The Morgan fingerprint density at radius 1 is 1.08 bits per heavy atom. The summed E-state index contributed by atoms with van der Waals surface area (Å²) in [4.78, 5) is 0. The highest BCUT2D eigenvalue weighted by Gasteiger charge is 2.14. The molecule has 0 heterocycles. The number of unbranched alkanes of at least 4 members (excludes halogenated alkanes) is 2. The molecule has 1 aliphatic rings. The van der Waals surface area contributed by atoms with E-state index >= 15 is 0 Å². The summed E-state index contributed by atoms with van der Waals surface area (Å²) in [6.45, 7) is 2.31. The highest BCUT2D eigenvalue weighted by molar-refractivity contribution is 6.37. The minimum atomic E-state index is 0.345. The minimum Gasteiger partial charge on any atom is -0.145 e. The fourth-order valence-corrected chi connectivity index (χ4v) is 4.71. The molecule has 0 aliphatic heterocycles. The molecule has 0 aromatic carbocycles. The fourth-order valence-electron chi connectivity index (χ4n) is 2.34. The Balaban J connectivity index is 1.91. The van der Waals surface area contributed by atoms with Crippen molar-refractivity contribution in [2.24, 2.45) is 0 Å². The lowest BCUT2D eigenvalue weighted by Crippen LogP contribution is -2.07. The van der Waals surface area contributed by atoms with Gasteiger partial charge in [-0.3, -0.25) is 0 Å². The van der Waals surface area contributed by atoms with Crippen LogP contribution in [-0.2, 0) is 0 Å². The van der Waals surface area contributed by atoms with E-state index < -0.39 is 0 Å². The molecule has 0 amide bonds. The summed E-state index contributed by atoms with van der Waals surface area (Å²) in [6, 6.07) is 0. The van der Waals surface area contributed by atoms with E-state index in [2.05, 4.69) is 6.92 Å². The second-order valence-corrected chi connectivity index (χ2v) is 6.79. The van der Waals surface area contributed by atoms with Gasteiger partial charge in [-0.25, -0.2) is 0 Å². The minimum absolute atomic E-state index is 0.345. The van der Waals surface area contributed by atoms with E-state index in [1.165, 1.54) is 23.3 Å². The van der Waals surface area contributed by atoms with Gasteiger partial charge >= 0.3 is 20.4 Å². The summed E-state index contributed by atoms with van der Waals surface area (Å²) in [5, 5.41) is 0. The summed E-state index contributed by atoms with van der Waals surface area (Å²) in [6.07, 6.45) is 12.2. The number of hydrogen-bond acceptors (Lipinski definition) is 0. The van der Waals surface area contributed by atoms with Gasteiger partial charge in [-0.2, -0.15) is 0 Å². The number of rotatable bonds is 5. The van der Waals surface area contributed by atoms with Crippen LogP contribution in [0.5, 0.6) is 0 Å². The maximum atomic E-state index is 2.31. The zero-order valence-corrected chi connectivity index (χ0v) is 10.1. The van der Waals surface area contributed by atoms with E-state index in [0.717, 1.165) is 0 Å². The SMILES string of the molecule is CCCC[CH2][Mg][CH]1CCCCC1. The van der Waals surface area contributed by atoms with Gasteiger partial charge in [0.25, 0.3) is 0 Å². The first-order chi connectivity index (χ1) is 5.93. The Morgan fingerprint density at radius 2 is 1.83 bits per heavy atom. The molecule has 68 valence electrons. The first kappa shape index (κ1) is 10.8. The van der Waals surface area contributed by atoms with Crippen LogP contribution in [0.1, 0.15) is 58.3 Å². The number of hydrogen-bond donors (Lipinski definition) is 0. The van der Waals surface area contributed by atoms with Crippen LogP contribution in [0.2, 0.25) is 8.60 Å². The van der Waals surface area contributed by atoms with Crippen molar-refractivity contribution in [3.05, 3.63) is 0 Å². The highest BCUT2D eigenvalue weighted by atomic mass is 24.5. The fraction of sp³-hybridized carbons (Fsp3) is 1.00. The van der Waals surface area contributed by atoms with Gasteiger partial charge in [-0.05, 0) is 0 Å². The lowest BCUT2D eigenvalue weighted by molar-refractivity contribution is 0.499. The van der Waals surface area contributed by atoms with E-state index in [9.17, 15) is 0 Å². The largest absolute Gasteiger partial charge is 0.368 e. The molecule has 0 spiro atoms. The van der Waals surface area contributed by atoms with Gasteiger partial charge in [0, 0.05) is 0 Å². The van der Waals surface area contributed by atoms with E-state index in [-0.39, 0.29) is 0 Å². The van der Waals surface area contributed by atoms with Gasteiger partial charge in [-0.15, -0.1) is 8.60 Å². The zero-order chi connectivity index (χ0) is 8.65. The summed E-state index contributed by atoms with van der Waals surface area (Å²) >= 11 is 0.345. The van der Waals surface area contributed by atoms with Gasteiger partial charge in [0.15, 0.2) is 0 Å². The molecule has 0 atom stereocenters. The molecular formula is C11H22Mg. The van der Waals surface area contributed by atoms with Crippen molar-refractivity contribution < 1.29 is 0 Å². The van der Waals surface area contributed by atoms with Crippen LogP contribution in [0.25, 0.3) is 0 Å². The predicted octanol–water partition coefficient (Wildman–Crippen LogP) is 4.05. The van der Waals surface area contributed by atoms with Gasteiger partial charge in [-0.1, -0.05) is 58.3 Å². The van der Waals surface area contributed by atoms with Crippen molar-refractivity contribution in [2.45, 2.75) is 66.9 Å². The third-order valence-corrected chi connectivity index (χ3v) is 5.73. The molecule has 1 saturated carbocycles. The van der Waals surface area contributed by atoms with E-state index in [1.54, 1.807) is 36.7 Å². The first-order valence-electron chi connectivity index (χ1n) is 5.93. The van der Waals surface area contributed by atoms with E-state index in [1.807, 2.05) is 0 Å². The molecule has 12 heavy (non-hydrogen) atoms. The van der Waals surface area contributed by atoms with Crippen LogP contribution in [0.4, 0.5) is 0 Å². The topological polar surface area (TPSA) is 0 Å². The summed E-state index contributed by atoms with van der Waals surface area (Å²) in [5.41, 5.74) is 0.